The fraction of sp³-hybridized carbons (Fsp3) is 0.143. The van der Waals surface area contributed by atoms with Crippen molar-refractivity contribution in [2.75, 3.05) is 0 Å². The summed E-state index contributed by atoms with van der Waals surface area (Å²) in [4.78, 5) is 44.4. The molecule has 0 saturated heterocycles. The Morgan fingerprint density at radius 2 is 1.34 bits per heavy atom. The number of nitrogens with zero attached hydrogens (tertiary/aromatic N) is 3. The van der Waals surface area contributed by atoms with E-state index in [2.05, 4.69) is 0 Å². The minimum Gasteiger partial charge on any atom is -0.457 e. The average molecular weight is 463 g/mol. The molecule has 0 unspecified atom stereocenters. The van der Waals surface area contributed by atoms with Crippen LogP contribution in [0.2, 0.25) is 0 Å². The zero-order chi connectivity index (χ0) is 24.3. The standard InChI is InChI=1S/C28H21N3O4/c1-30-26-23(27(33)31(2)28(30)34)21(22-24(29-26)19-10-6-7-11-20(19)25(22)32)16-12-14-18(15-13-16)35-17-8-4-3-5-9-17/h3-15,21-22H,1-2H3/t21-,22+/m0/s1. The van der Waals surface area contributed by atoms with Crippen molar-refractivity contribution in [3.05, 3.63) is 122 Å². The Bertz CT molecular complexity index is 1650. The van der Waals surface area contributed by atoms with Gasteiger partial charge >= 0.3 is 5.69 Å². The van der Waals surface area contributed by atoms with E-state index in [1.807, 2.05) is 72.8 Å². The molecule has 4 aromatic rings. The molecule has 2 atom stereocenters. The molecule has 0 bridgehead atoms. The summed E-state index contributed by atoms with van der Waals surface area (Å²) >= 11 is 0. The molecule has 1 aliphatic heterocycles. The number of fused-ring (bicyclic) bond motifs is 4. The number of hydrogen-bond acceptors (Lipinski definition) is 5. The van der Waals surface area contributed by atoms with E-state index in [-0.39, 0.29) is 5.78 Å². The number of aromatic nitrogens is 2. The minimum absolute atomic E-state index is 0.0736. The number of para-hydroxylation sites is 1. The molecule has 0 saturated carbocycles. The van der Waals surface area contributed by atoms with E-state index in [9.17, 15) is 14.4 Å². The summed E-state index contributed by atoms with van der Waals surface area (Å²) in [6.45, 7) is 0. The van der Waals surface area contributed by atoms with Gasteiger partial charge in [0.25, 0.3) is 5.56 Å². The van der Waals surface area contributed by atoms with Crippen LogP contribution in [-0.2, 0) is 14.1 Å². The third kappa shape index (κ3) is 3.12. The number of ketones is 1. The molecular formula is C28H21N3O4. The molecule has 7 nitrogen and oxygen atoms in total. The zero-order valence-corrected chi connectivity index (χ0v) is 19.1. The summed E-state index contributed by atoms with van der Waals surface area (Å²) in [7, 11) is 3.05. The van der Waals surface area contributed by atoms with Gasteiger partial charge in [-0.25, -0.2) is 9.79 Å². The van der Waals surface area contributed by atoms with Crippen LogP contribution in [0.1, 0.15) is 33.0 Å². The molecular weight excluding hydrogens is 442 g/mol. The Kier molecular flexibility index (Phi) is 4.67. The van der Waals surface area contributed by atoms with Crippen LogP contribution in [0.4, 0.5) is 5.82 Å². The van der Waals surface area contributed by atoms with Gasteiger partial charge in [-0.05, 0) is 29.8 Å². The van der Waals surface area contributed by atoms with Gasteiger partial charge in [-0.1, -0.05) is 54.6 Å². The van der Waals surface area contributed by atoms with Crippen molar-refractivity contribution in [3.63, 3.8) is 0 Å². The maximum atomic E-state index is 13.6. The molecule has 0 radical (unpaired) electrons. The molecule has 0 amide bonds. The van der Waals surface area contributed by atoms with E-state index in [1.165, 1.54) is 11.6 Å². The molecule has 0 N–H and O–H groups in total. The summed E-state index contributed by atoms with van der Waals surface area (Å²) in [5.41, 5.74) is 2.15. The fourth-order valence-electron chi connectivity index (χ4n) is 5.09. The molecule has 6 rings (SSSR count). The fourth-order valence-corrected chi connectivity index (χ4v) is 5.09. The molecule has 1 aromatic heterocycles. The first-order valence-electron chi connectivity index (χ1n) is 11.3. The highest BCUT2D eigenvalue weighted by Gasteiger charge is 2.47. The summed E-state index contributed by atoms with van der Waals surface area (Å²) in [5.74, 6) is 0.334. The van der Waals surface area contributed by atoms with Crippen LogP contribution in [-0.4, -0.2) is 20.6 Å². The number of rotatable bonds is 3. The first-order valence-corrected chi connectivity index (χ1v) is 11.3. The molecule has 35 heavy (non-hydrogen) atoms. The summed E-state index contributed by atoms with van der Waals surface area (Å²) in [6, 6.07) is 24.2. The molecule has 2 aliphatic rings. The highest BCUT2D eigenvalue weighted by atomic mass is 16.5. The van der Waals surface area contributed by atoms with Crippen LogP contribution in [0.3, 0.4) is 0 Å². The van der Waals surface area contributed by atoms with Gasteiger partial charge < -0.3 is 4.74 Å². The lowest BCUT2D eigenvalue weighted by Gasteiger charge is -2.30. The maximum absolute atomic E-state index is 13.6. The Labute approximate surface area is 200 Å². The van der Waals surface area contributed by atoms with E-state index in [0.717, 1.165) is 15.7 Å². The molecule has 0 fully saturated rings. The third-order valence-electron chi connectivity index (χ3n) is 6.80. The van der Waals surface area contributed by atoms with Crippen LogP contribution in [0.15, 0.2) is 93.4 Å². The summed E-state index contributed by atoms with van der Waals surface area (Å²) in [5, 5.41) is 0. The number of aliphatic imine (C=N–C) groups is 1. The van der Waals surface area contributed by atoms with Crippen LogP contribution in [0.25, 0.3) is 0 Å². The van der Waals surface area contributed by atoms with Gasteiger partial charge in [0.05, 0.1) is 17.2 Å². The number of ether oxygens (including phenoxy) is 1. The van der Waals surface area contributed by atoms with Crippen molar-refractivity contribution in [1.29, 1.82) is 0 Å². The summed E-state index contributed by atoms with van der Waals surface area (Å²) in [6.07, 6.45) is 0. The van der Waals surface area contributed by atoms with Crippen molar-refractivity contribution in [3.8, 4) is 11.5 Å². The van der Waals surface area contributed by atoms with Crippen LogP contribution in [0.5, 0.6) is 11.5 Å². The predicted molar refractivity (Wildman–Crippen MR) is 132 cm³/mol. The normalized spacial score (nSPS) is 17.9. The monoisotopic (exact) mass is 463 g/mol. The van der Waals surface area contributed by atoms with Crippen molar-refractivity contribution >= 4 is 17.3 Å². The first kappa shape index (κ1) is 21.0. The van der Waals surface area contributed by atoms with Crippen molar-refractivity contribution in [1.82, 2.24) is 9.13 Å². The van der Waals surface area contributed by atoms with E-state index in [1.54, 1.807) is 13.1 Å². The number of carbonyl (C=O) groups is 1. The van der Waals surface area contributed by atoms with Crippen LogP contribution >= 0.6 is 0 Å². The Morgan fingerprint density at radius 1 is 0.714 bits per heavy atom. The molecule has 2 heterocycles. The van der Waals surface area contributed by atoms with Gasteiger partial charge in [0.15, 0.2) is 5.78 Å². The van der Waals surface area contributed by atoms with Crippen LogP contribution < -0.4 is 16.0 Å². The minimum atomic E-state index is -0.647. The molecule has 7 heteroatoms. The van der Waals surface area contributed by atoms with E-state index in [4.69, 9.17) is 9.73 Å². The van der Waals surface area contributed by atoms with Gasteiger partial charge in [0.1, 0.15) is 17.3 Å². The Morgan fingerprint density at radius 3 is 2.06 bits per heavy atom. The largest absolute Gasteiger partial charge is 0.457 e. The topological polar surface area (TPSA) is 82.7 Å². The third-order valence-corrected chi connectivity index (χ3v) is 6.80. The van der Waals surface area contributed by atoms with Gasteiger partial charge in [0, 0.05) is 31.1 Å². The number of hydrogen-bond donors (Lipinski definition) is 0. The lowest BCUT2D eigenvalue weighted by molar-refractivity contribution is 0.0953. The quantitative estimate of drug-likeness (QED) is 0.461. The van der Waals surface area contributed by atoms with Gasteiger partial charge in [-0.15, -0.1) is 0 Å². The smallest absolute Gasteiger partial charge is 0.332 e. The first-order chi connectivity index (χ1) is 17.0. The zero-order valence-electron chi connectivity index (χ0n) is 19.1. The van der Waals surface area contributed by atoms with Gasteiger partial charge in [-0.2, -0.15) is 0 Å². The second kappa shape index (κ2) is 7.77. The second-order valence-electron chi connectivity index (χ2n) is 8.79. The number of Topliss-reactive ketones (excluding diaryl/α,β-unsaturated/α-hetero) is 1. The lowest BCUT2D eigenvalue weighted by atomic mass is 9.76. The van der Waals surface area contributed by atoms with Crippen molar-refractivity contribution < 1.29 is 9.53 Å². The van der Waals surface area contributed by atoms with E-state index >= 15 is 0 Å². The van der Waals surface area contributed by atoms with Gasteiger partial charge in [-0.3, -0.25) is 18.7 Å². The Hall–Kier alpha value is -4.52. The molecule has 3 aromatic carbocycles. The lowest BCUT2D eigenvalue weighted by Crippen LogP contribution is -2.43. The Balaban J connectivity index is 1.54. The number of benzene rings is 3. The summed E-state index contributed by atoms with van der Waals surface area (Å²) < 4.78 is 8.38. The van der Waals surface area contributed by atoms with Crippen molar-refractivity contribution in [2.45, 2.75) is 5.92 Å². The maximum Gasteiger partial charge on any atom is 0.332 e. The predicted octanol–water partition coefficient (Wildman–Crippen LogP) is 3.96. The van der Waals surface area contributed by atoms with E-state index < -0.39 is 23.1 Å². The SMILES string of the molecule is Cn1c2c(c(=O)n(C)c1=O)[C@@H](c1ccc(Oc3ccccc3)cc1)[C@H]1C(=O)c3ccccc3C1=N2. The van der Waals surface area contributed by atoms with Crippen LogP contribution in [0, 0.1) is 5.92 Å². The molecule has 1 aliphatic carbocycles. The highest BCUT2D eigenvalue weighted by Crippen LogP contribution is 2.46. The average Bonchev–Trinajstić information content (AvgIpc) is 3.18. The van der Waals surface area contributed by atoms with Crippen molar-refractivity contribution in [2.24, 2.45) is 25.0 Å². The number of carbonyl (C=O) groups excluding carboxylic acids is 1. The molecule has 0 spiro atoms. The highest BCUT2D eigenvalue weighted by molar-refractivity contribution is 6.30. The van der Waals surface area contributed by atoms with Gasteiger partial charge in [0.2, 0.25) is 0 Å². The van der Waals surface area contributed by atoms with E-state index in [0.29, 0.717) is 34.2 Å². The molecule has 172 valence electrons. The second-order valence-corrected chi connectivity index (χ2v) is 8.79.